The molecule has 1 aromatic rings. The molecule has 2 amide bonds. The first-order valence-electron chi connectivity index (χ1n) is 6.39. The number of nitrogens with two attached hydrogens (primary N) is 1. The number of benzene rings is 1. The summed E-state index contributed by atoms with van der Waals surface area (Å²) in [6.07, 6.45) is 0.957. The molecule has 1 unspecified atom stereocenters. The summed E-state index contributed by atoms with van der Waals surface area (Å²) in [7, 11) is 0. The van der Waals surface area contributed by atoms with Crippen molar-refractivity contribution >= 4 is 23.2 Å². The van der Waals surface area contributed by atoms with E-state index in [0.29, 0.717) is 24.2 Å². The lowest BCUT2D eigenvalue weighted by atomic mass is 9.99. The van der Waals surface area contributed by atoms with Crippen molar-refractivity contribution in [1.29, 1.82) is 0 Å². The highest BCUT2D eigenvalue weighted by molar-refractivity contribution is 5.98. The van der Waals surface area contributed by atoms with E-state index in [2.05, 4.69) is 10.6 Å². The molecule has 0 aliphatic heterocycles. The van der Waals surface area contributed by atoms with Crippen LogP contribution in [0.2, 0.25) is 0 Å². The smallest absolute Gasteiger partial charge is 0.244 e. The molecule has 1 aromatic carbocycles. The van der Waals surface area contributed by atoms with Crippen molar-refractivity contribution in [3.05, 3.63) is 24.3 Å². The predicted molar refractivity (Wildman–Crippen MR) is 76.9 cm³/mol. The zero-order valence-electron chi connectivity index (χ0n) is 11.6. The van der Waals surface area contributed by atoms with Crippen LogP contribution in [-0.4, -0.2) is 17.4 Å². The van der Waals surface area contributed by atoms with Gasteiger partial charge in [-0.25, -0.2) is 0 Å². The first kappa shape index (κ1) is 15.2. The maximum Gasteiger partial charge on any atom is 0.244 e. The Bertz CT molecular complexity index is 470. The lowest BCUT2D eigenvalue weighted by molar-refractivity contribution is -0.120. The van der Waals surface area contributed by atoms with Crippen LogP contribution in [0.4, 0.5) is 11.4 Å². The molecule has 0 saturated carbocycles. The largest absolute Gasteiger partial charge is 0.326 e. The molecule has 0 heterocycles. The van der Waals surface area contributed by atoms with Gasteiger partial charge >= 0.3 is 0 Å². The van der Waals surface area contributed by atoms with Gasteiger partial charge in [0.2, 0.25) is 11.8 Å². The Kier molecular flexibility index (Phi) is 5.06. The third-order valence-electron chi connectivity index (χ3n) is 2.98. The van der Waals surface area contributed by atoms with Crippen LogP contribution in [0.5, 0.6) is 0 Å². The summed E-state index contributed by atoms with van der Waals surface area (Å²) < 4.78 is 0. The molecule has 0 fully saturated rings. The van der Waals surface area contributed by atoms with Gasteiger partial charge < -0.3 is 16.4 Å². The number of anilines is 2. The van der Waals surface area contributed by atoms with Gasteiger partial charge in [0.25, 0.3) is 0 Å². The maximum absolute atomic E-state index is 11.9. The highest BCUT2D eigenvalue weighted by atomic mass is 16.2. The van der Waals surface area contributed by atoms with Crippen LogP contribution in [0.3, 0.4) is 0 Å². The number of hydrogen-bond donors (Lipinski definition) is 3. The fraction of sp³-hybridized carbons (Fsp3) is 0.429. The molecule has 0 saturated heterocycles. The van der Waals surface area contributed by atoms with E-state index >= 15 is 0 Å². The van der Waals surface area contributed by atoms with Gasteiger partial charge in [-0.05, 0) is 31.5 Å². The fourth-order valence-corrected chi connectivity index (χ4v) is 1.36. The Balaban J connectivity index is 2.77. The Labute approximate surface area is 113 Å². The second kappa shape index (κ2) is 6.33. The lowest BCUT2D eigenvalue weighted by Gasteiger charge is -2.21. The third-order valence-corrected chi connectivity index (χ3v) is 2.98. The Hall–Kier alpha value is -1.88. The Morgan fingerprint density at radius 3 is 2.32 bits per heavy atom. The van der Waals surface area contributed by atoms with Crippen LogP contribution in [-0.2, 0) is 9.59 Å². The van der Waals surface area contributed by atoms with Crippen molar-refractivity contribution in [2.24, 2.45) is 5.73 Å². The van der Waals surface area contributed by atoms with Crippen LogP contribution in [0.25, 0.3) is 0 Å². The quantitative estimate of drug-likeness (QED) is 0.760. The van der Waals surface area contributed by atoms with Crippen molar-refractivity contribution < 1.29 is 9.59 Å². The van der Waals surface area contributed by atoms with Crippen LogP contribution in [0.1, 0.15) is 33.6 Å². The van der Waals surface area contributed by atoms with Crippen molar-refractivity contribution in [2.45, 2.75) is 39.2 Å². The molecule has 5 heteroatoms. The molecule has 0 aromatic heterocycles. The van der Waals surface area contributed by atoms with Gasteiger partial charge in [0, 0.05) is 17.8 Å². The molecule has 1 rings (SSSR count). The summed E-state index contributed by atoms with van der Waals surface area (Å²) in [4.78, 5) is 23.2. The van der Waals surface area contributed by atoms with Gasteiger partial charge in [0.05, 0.1) is 5.54 Å². The standard InChI is InChI=1S/C14H21N3O2/c1-4-12(18)16-10-7-6-8-11(9-10)17-13(19)14(3,15)5-2/h6-9H,4-5,15H2,1-3H3,(H,16,18)(H,17,19). The Morgan fingerprint density at radius 1 is 1.21 bits per heavy atom. The molecule has 0 bridgehead atoms. The topological polar surface area (TPSA) is 84.2 Å². The zero-order valence-corrected chi connectivity index (χ0v) is 11.6. The van der Waals surface area contributed by atoms with E-state index in [1.54, 1.807) is 38.1 Å². The predicted octanol–water partition coefficient (Wildman–Crippen LogP) is 2.10. The molecule has 104 valence electrons. The molecule has 19 heavy (non-hydrogen) atoms. The normalized spacial score (nSPS) is 13.5. The summed E-state index contributed by atoms with van der Waals surface area (Å²) in [6.45, 7) is 5.32. The van der Waals surface area contributed by atoms with Crippen LogP contribution >= 0.6 is 0 Å². The summed E-state index contributed by atoms with van der Waals surface area (Å²) >= 11 is 0. The van der Waals surface area contributed by atoms with Crippen molar-refractivity contribution in [2.75, 3.05) is 10.6 Å². The Morgan fingerprint density at radius 2 is 1.79 bits per heavy atom. The average Bonchev–Trinajstić information content (AvgIpc) is 2.38. The number of carbonyl (C=O) groups is 2. The zero-order chi connectivity index (χ0) is 14.5. The molecule has 5 nitrogen and oxygen atoms in total. The first-order chi connectivity index (χ1) is 8.89. The highest BCUT2D eigenvalue weighted by Gasteiger charge is 2.25. The molecule has 0 aliphatic rings. The fourth-order valence-electron chi connectivity index (χ4n) is 1.36. The second-order valence-corrected chi connectivity index (χ2v) is 4.71. The minimum atomic E-state index is -0.900. The molecule has 4 N–H and O–H groups in total. The van der Waals surface area contributed by atoms with Crippen molar-refractivity contribution in [3.8, 4) is 0 Å². The molecule has 0 spiro atoms. The van der Waals surface area contributed by atoms with E-state index in [9.17, 15) is 9.59 Å². The number of carbonyl (C=O) groups excluding carboxylic acids is 2. The van der Waals surface area contributed by atoms with Crippen LogP contribution in [0, 0.1) is 0 Å². The average molecular weight is 263 g/mol. The number of rotatable bonds is 5. The van der Waals surface area contributed by atoms with E-state index in [4.69, 9.17) is 5.73 Å². The van der Waals surface area contributed by atoms with Crippen molar-refractivity contribution in [1.82, 2.24) is 0 Å². The second-order valence-electron chi connectivity index (χ2n) is 4.71. The van der Waals surface area contributed by atoms with Gasteiger partial charge in [0.15, 0.2) is 0 Å². The van der Waals surface area contributed by atoms with E-state index in [1.165, 1.54) is 0 Å². The maximum atomic E-state index is 11.9. The van der Waals surface area contributed by atoms with E-state index in [-0.39, 0.29) is 11.8 Å². The van der Waals surface area contributed by atoms with Crippen LogP contribution in [0.15, 0.2) is 24.3 Å². The number of hydrogen-bond acceptors (Lipinski definition) is 3. The first-order valence-corrected chi connectivity index (χ1v) is 6.39. The van der Waals surface area contributed by atoms with E-state index < -0.39 is 5.54 Å². The van der Waals surface area contributed by atoms with E-state index in [1.807, 2.05) is 6.92 Å². The van der Waals surface area contributed by atoms with Gasteiger partial charge in [0.1, 0.15) is 0 Å². The summed E-state index contributed by atoms with van der Waals surface area (Å²) in [5.74, 6) is -0.310. The van der Waals surface area contributed by atoms with Gasteiger partial charge in [-0.3, -0.25) is 9.59 Å². The SMILES string of the molecule is CCC(=O)Nc1cccc(NC(=O)C(C)(N)CC)c1. The number of amides is 2. The summed E-state index contributed by atoms with van der Waals surface area (Å²) in [5, 5.41) is 5.49. The summed E-state index contributed by atoms with van der Waals surface area (Å²) in [6, 6.07) is 6.99. The minimum Gasteiger partial charge on any atom is -0.326 e. The molecular weight excluding hydrogens is 242 g/mol. The van der Waals surface area contributed by atoms with Gasteiger partial charge in [-0.1, -0.05) is 19.9 Å². The molecule has 1 atom stereocenters. The monoisotopic (exact) mass is 263 g/mol. The molecule has 0 radical (unpaired) electrons. The number of nitrogens with one attached hydrogen (secondary N) is 2. The summed E-state index contributed by atoms with van der Waals surface area (Å²) in [5.41, 5.74) is 6.23. The lowest BCUT2D eigenvalue weighted by Crippen LogP contribution is -2.47. The highest BCUT2D eigenvalue weighted by Crippen LogP contribution is 2.17. The van der Waals surface area contributed by atoms with Gasteiger partial charge in [-0.15, -0.1) is 0 Å². The molecule has 0 aliphatic carbocycles. The molecular formula is C14H21N3O2. The minimum absolute atomic E-state index is 0.0688. The third kappa shape index (κ3) is 4.37. The van der Waals surface area contributed by atoms with Gasteiger partial charge in [-0.2, -0.15) is 0 Å². The van der Waals surface area contributed by atoms with Crippen molar-refractivity contribution in [3.63, 3.8) is 0 Å². The van der Waals surface area contributed by atoms with E-state index in [0.717, 1.165) is 0 Å². The van der Waals surface area contributed by atoms with Crippen LogP contribution < -0.4 is 16.4 Å².